The van der Waals surface area contributed by atoms with Crippen LogP contribution < -0.4 is 10.5 Å². The summed E-state index contributed by atoms with van der Waals surface area (Å²) < 4.78 is 5.05. The summed E-state index contributed by atoms with van der Waals surface area (Å²) in [5.41, 5.74) is 5.88. The van der Waals surface area contributed by atoms with Crippen LogP contribution in [0.25, 0.3) is 0 Å². The van der Waals surface area contributed by atoms with Gasteiger partial charge >= 0.3 is 0 Å². The van der Waals surface area contributed by atoms with Crippen molar-refractivity contribution in [2.24, 2.45) is 5.73 Å². The van der Waals surface area contributed by atoms with E-state index in [9.17, 15) is 5.11 Å². The van der Waals surface area contributed by atoms with Gasteiger partial charge in [0.2, 0.25) is 0 Å². The molecule has 0 amide bonds. The lowest BCUT2D eigenvalue weighted by molar-refractivity contribution is 0.161. The molecule has 1 aromatic heterocycles. The third-order valence-electron chi connectivity index (χ3n) is 1.78. The zero-order chi connectivity index (χ0) is 9.68. The highest BCUT2D eigenvalue weighted by atomic mass is 16.5. The third kappa shape index (κ3) is 2.40. The number of pyridine rings is 1. The summed E-state index contributed by atoms with van der Waals surface area (Å²) in [4.78, 5) is 4.04. The first-order valence-corrected chi connectivity index (χ1v) is 4.16. The molecule has 1 rings (SSSR count). The summed E-state index contributed by atoms with van der Waals surface area (Å²) in [7, 11) is 1.55. The van der Waals surface area contributed by atoms with E-state index in [0.29, 0.717) is 24.4 Å². The van der Waals surface area contributed by atoms with Gasteiger partial charge in [0.05, 0.1) is 7.11 Å². The van der Waals surface area contributed by atoms with Gasteiger partial charge in [-0.15, -0.1) is 0 Å². The molecule has 3 N–H and O–H groups in total. The van der Waals surface area contributed by atoms with Gasteiger partial charge in [0.25, 0.3) is 0 Å². The molecule has 4 nitrogen and oxygen atoms in total. The molecule has 0 radical (unpaired) electrons. The van der Waals surface area contributed by atoms with Gasteiger partial charge in [-0.25, -0.2) is 0 Å². The minimum atomic E-state index is -0.638. The van der Waals surface area contributed by atoms with Gasteiger partial charge in [-0.2, -0.15) is 0 Å². The molecule has 1 atom stereocenters. The molecule has 13 heavy (non-hydrogen) atoms. The summed E-state index contributed by atoms with van der Waals surface area (Å²) in [6.07, 6.45) is 1.48. The van der Waals surface area contributed by atoms with Crippen molar-refractivity contribution < 1.29 is 9.84 Å². The minimum absolute atomic E-state index is 0.431. The second kappa shape index (κ2) is 4.79. The van der Waals surface area contributed by atoms with E-state index in [1.165, 1.54) is 0 Å². The molecule has 1 heterocycles. The number of methoxy groups -OCH3 is 1. The van der Waals surface area contributed by atoms with Crippen molar-refractivity contribution in [2.75, 3.05) is 13.7 Å². The number of hydrogen-bond donors (Lipinski definition) is 2. The van der Waals surface area contributed by atoms with E-state index in [4.69, 9.17) is 10.5 Å². The first-order valence-electron chi connectivity index (χ1n) is 4.16. The maximum atomic E-state index is 9.61. The standard InChI is InChI=1S/C9H14N2O2/c1-13-8-3-2-6-11-9(8)7(12)4-5-10/h2-3,6-7,12H,4-5,10H2,1H3/t7-/m0/s1. The number of aliphatic hydroxyl groups excluding tert-OH is 1. The van der Waals surface area contributed by atoms with Gasteiger partial charge in [0.15, 0.2) is 0 Å². The Bertz CT molecular complexity index is 266. The third-order valence-corrected chi connectivity index (χ3v) is 1.78. The number of hydrogen-bond acceptors (Lipinski definition) is 4. The van der Waals surface area contributed by atoms with Crippen molar-refractivity contribution in [2.45, 2.75) is 12.5 Å². The second-order valence-corrected chi connectivity index (χ2v) is 2.68. The highest BCUT2D eigenvalue weighted by molar-refractivity contribution is 5.28. The van der Waals surface area contributed by atoms with Crippen molar-refractivity contribution in [1.82, 2.24) is 4.98 Å². The molecule has 0 aliphatic rings. The Labute approximate surface area is 77.4 Å². The van der Waals surface area contributed by atoms with Gasteiger partial charge in [-0.05, 0) is 25.1 Å². The zero-order valence-electron chi connectivity index (χ0n) is 7.60. The molecule has 0 saturated heterocycles. The van der Waals surface area contributed by atoms with E-state index in [-0.39, 0.29) is 0 Å². The Morgan fingerprint density at radius 2 is 2.46 bits per heavy atom. The Kier molecular flexibility index (Phi) is 3.67. The molecule has 0 aromatic carbocycles. The zero-order valence-corrected chi connectivity index (χ0v) is 7.60. The Hall–Kier alpha value is -1.13. The fourth-order valence-corrected chi connectivity index (χ4v) is 1.12. The van der Waals surface area contributed by atoms with Crippen molar-refractivity contribution in [3.63, 3.8) is 0 Å². The van der Waals surface area contributed by atoms with Crippen LogP contribution in [0.2, 0.25) is 0 Å². The van der Waals surface area contributed by atoms with Crippen LogP contribution in [0.1, 0.15) is 18.2 Å². The van der Waals surface area contributed by atoms with Crippen LogP contribution in [0.4, 0.5) is 0 Å². The van der Waals surface area contributed by atoms with E-state index in [1.54, 1.807) is 25.4 Å². The molecule has 1 aromatic rings. The summed E-state index contributed by atoms with van der Waals surface area (Å²) in [5.74, 6) is 0.600. The lowest BCUT2D eigenvalue weighted by Crippen LogP contribution is -2.09. The summed E-state index contributed by atoms with van der Waals surface area (Å²) in [6, 6.07) is 3.53. The Morgan fingerprint density at radius 1 is 1.69 bits per heavy atom. The number of rotatable bonds is 4. The van der Waals surface area contributed by atoms with Crippen LogP contribution in [0.3, 0.4) is 0 Å². The van der Waals surface area contributed by atoms with Gasteiger partial charge in [0.1, 0.15) is 17.5 Å². The molecule has 0 aliphatic carbocycles. The van der Waals surface area contributed by atoms with Crippen molar-refractivity contribution in [1.29, 1.82) is 0 Å². The molecule has 0 saturated carbocycles. The average molecular weight is 182 g/mol. The van der Waals surface area contributed by atoms with E-state index in [2.05, 4.69) is 4.98 Å². The van der Waals surface area contributed by atoms with Crippen LogP contribution in [-0.4, -0.2) is 23.7 Å². The summed E-state index contributed by atoms with van der Waals surface area (Å²) in [5, 5.41) is 9.61. The molecule has 0 aliphatic heterocycles. The summed E-state index contributed by atoms with van der Waals surface area (Å²) in [6.45, 7) is 0.431. The maximum absolute atomic E-state index is 9.61. The molecular weight excluding hydrogens is 168 g/mol. The maximum Gasteiger partial charge on any atom is 0.143 e. The van der Waals surface area contributed by atoms with E-state index >= 15 is 0 Å². The van der Waals surface area contributed by atoms with Crippen LogP contribution >= 0.6 is 0 Å². The van der Waals surface area contributed by atoms with Crippen LogP contribution in [0.5, 0.6) is 5.75 Å². The normalized spacial score (nSPS) is 12.5. The average Bonchev–Trinajstić information content (AvgIpc) is 2.18. The molecule has 0 unspecified atom stereocenters. The van der Waals surface area contributed by atoms with Crippen LogP contribution in [0, 0.1) is 0 Å². The number of nitrogens with zero attached hydrogens (tertiary/aromatic N) is 1. The predicted molar refractivity (Wildman–Crippen MR) is 49.4 cm³/mol. The lowest BCUT2D eigenvalue weighted by Gasteiger charge is -2.11. The largest absolute Gasteiger partial charge is 0.495 e. The molecule has 0 bridgehead atoms. The van der Waals surface area contributed by atoms with Gasteiger partial charge < -0.3 is 15.6 Å². The lowest BCUT2D eigenvalue weighted by atomic mass is 10.1. The number of aliphatic hydroxyl groups is 1. The van der Waals surface area contributed by atoms with Crippen molar-refractivity contribution in [3.8, 4) is 5.75 Å². The van der Waals surface area contributed by atoms with Crippen molar-refractivity contribution in [3.05, 3.63) is 24.0 Å². The minimum Gasteiger partial charge on any atom is -0.495 e. The van der Waals surface area contributed by atoms with Crippen molar-refractivity contribution >= 4 is 0 Å². The molecule has 4 heteroatoms. The quantitative estimate of drug-likeness (QED) is 0.710. The summed E-state index contributed by atoms with van der Waals surface area (Å²) >= 11 is 0. The van der Waals surface area contributed by atoms with E-state index in [1.807, 2.05) is 0 Å². The van der Waals surface area contributed by atoms with Crippen LogP contribution in [0.15, 0.2) is 18.3 Å². The smallest absolute Gasteiger partial charge is 0.143 e. The highest BCUT2D eigenvalue weighted by Gasteiger charge is 2.12. The van der Waals surface area contributed by atoms with Gasteiger partial charge in [-0.3, -0.25) is 4.98 Å². The van der Waals surface area contributed by atoms with Gasteiger partial charge in [-0.1, -0.05) is 0 Å². The Balaban J connectivity index is 2.85. The SMILES string of the molecule is COc1cccnc1[C@@H](O)CCN. The predicted octanol–water partition coefficient (Wildman–Crippen LogP) is 0.472. The first kappa shape index (κ1) is 9.95. The number of aromatic nitrogens is 1. The monoisotopic (exact) mass is 182 g/mol. The number of ether oxygens (including phenoxy) is 1. The van der Waals surface area contributed by atoms with E-state index in [0.717, 1.165) is 0 Å². The molecular formula is C9H14N2O2. The molecule has 0 fully saturated rings. The highest BCUT2D eigenvalue weighted by Crippen LogP contribution is 2.23. The van der Waals surface area contributed by atoms with Crippen LogP contribution in [-0.2, 0) is 0 Å². The molecule has 0 spiro atoms. The van der Waals surface area contributed by atoms with E-state index < -0.39 is 6.10 Å². The molecule has 72 valence electrons. The second-order valence-electron chi connectivity index (χ2n) is 2.68. The fraction of sp³-hybridized carbons (Fsp3) is 0.444. The fourth-order valence-electron chi connectivity index (χ4n) is 1.12. The topological polar surface area (TPSA) is 68.4 Å². The number of nitrogens with two attached hydrogens (primary N) is 1. The first-order chi connectivity index (χ1) is 6.29. The van der Waals surface area contributed by atoms with Gasteiger partial charge in [0, 0.05) is 6.20 Å². The Morgan fingerprint density at radius 3 is 3.08 bits per heavy atom.